The second-order valence-electron chi connectivity index (χ2n) is 7.48. The Balaban J connectivity index is 1.83. The highest BCUT2D eigenvalue weighted by molar-refractivity contribution is 9.10. The van der Waals surface area contributed by atoms with Gasteiger partial charge in [-0.3, -0.25) is 10.0 Å². The quantitative estimate of drug-likeness (QED) is 0.356. The average Bonchev–Trinajstić information content (AvgIpc) is 3.18. The van der Waals surface area contributed by atoms with E-state index in [0.29, 0.717) is 12.8 Å². The van der Waals surface area contributed by atoms with Gasteiger partial charge < -0.3 is 0 Å². The summed E-state index contributed by atoms with van der Waals surface area (Å²) in [5, 5.41) is 11.8. The Morgan fingerprint density at radius 2 is 1.97 bits per heavy atom. The number of halogens is 2. The Labute approximate surface area is 204 Å². The zero-order valence-corrected chi connectivity index (χ0v) is 20.7. The first-order valence-electron chi connectivity index (χ1n) is 9.83. The molecule has 2 aromatic carbocycles. The van der Waals surface area contributed by atoms with Crippen molar-refractivity contribution in [3.8, 4) is 0 Å². The van der Waals surface area contributed by atoms with Crippen LogP contribution in [0, 0.1) is 0 Å². The zero-order valence-electron chi connectivity index (χ0n) is 16.7. The van der Waals surface area contributed by atoms with E-state index in [1.807, 2.05) is 35.7 Å². The maximum absolute atomic E-state index is 13.6. The molecule has 1 aliphatic heterocycles. The number of amides is 1. The molecule has 2 atom stereocenters. The number of thiophene rings is 1. The molecule has 0 saturated heterocycles. The van der Waals surface area contributed by atoms with Crippen molar-refractivity contribution in [3.63, 3.8) is 0 Å². The van der Waals surface area contributed by atoms with Crippen LogP contribution in [0.1, 0.15) is 21.9 Å². The number of nitrogens with zero attached hydrogens (tertiary/aromatic N) is 1. The van der Waals surface area contributed by atoms with Gasteiger partial charge in [-0.25, -0.2) is 13.9 Å². The Hall–Kier alpha value is -1.75. The fourth-order valence-corrected chi connectivity index (χ4v) is 7.25. The molecule has 0 spiro atoms. The summed E-state index contributed by atoms with van der Waals surface area (Å²) in [6.45, 7) is 0.108. The molecule has 32 heavy (non-hydrogen) atoms. The van der Waals surface area contributed by atoms with Crippen LogP contribution in [0.25, 0.3) is 0 Å². The summed E-state index contributed by atoms with van der Waals surface area (Å²) < 4.78 is 29.4. The number of nitrogens with one attached hydrogen (secondary N) is 1. The molecule has 4 rings (SSSR count). The van der Waals surface area contributed by atoms with E-state index in [2.05, 4.69) is 15.9 Å². The number of rotatable bonds is 5. The van der Waals surface area contributed by atoms with Crippen LogP contribution in [-0.2, 0) is 27.7 Å². The minimum Gasteiger partial charge on any atom is -0.289 e. The third kappa shape index (κ3) is 4.64. The first-order valence-corrected chi connectivity index (χ1v) is 13.3. The molecule has 1 aliphatic rings. The number of hydroxylamine groups is 1. The Bertz CT molecular complexity index is 1230. The van der Waals surface area contributed by atoms with Gasteiger partial charge in [0, 0.05) is 26.8 Å². The third-order valence-corrected chi connectivity index (χ3v) is 9.22. The van der Waals surface area contributed by atoms with Crippen LogP contribution in [0.5, 0.6) is 0 Å². The van der Waals surface area contributed by atoms with Crippen molar-refractivity contribution in [1.82, 2.24) is 9.79 Å². The summed E-state index contributed by atoms with van der Waals surface area (Å²) in [5.74, 6) is -1.25. The SMILES string of the molecule is O=C(NO)[C@@H]1[C@@H](Cc2ccc(Br)cc2)c2ccsc2CCN1S(=O)(=O)c1cccc(Cl)c1. The van der Waals surface area contributed by atoms with Crippen LogP contribution in [-0.4, -0.2) is 36.4 Å². The molecular weight excluding hydrogens is 536 g/mol. The number of benzene rings is 2. The smallest absolute Gasteiger partial charge is 0.262 e. The van der Waals surface area contributed by atoms with E-state index in [9.17, 15) is 18.4 Å². The molecule has 0 aliphatic carbocycles. The van der Waals surface area contributed by atoms with E-state index in [-0.39, 0.29) is 16.5 Å². The molecule has 0 fully saturated rings. The van der Waals surface area contributed by atoms with Crippen molar-refractivity contribution in [2.75, 3.05) is 6.54 Å². The van der Waals surface area contributed by atoms with Gasteiger partial charge in [0.25, 0.3) is 5.91 Å². The zero-order chi connectivity index (χ0) is 22.9. The van der Waals surface area contributed by atoms with E-state index in [1.165, 1.54) is 16.4 Å². The van der Waals surface area contributed by atoms with E-state index in [0.717, 1.165) is 20.5 Å². The lowest BCUT2D eigenvalue weighted by molar-refractivity contribution is -0.133. The van der Waals surface area contributed by atoms with Crippen LogP contribution in [0.2, 0.25) is 5.02 Å². The van der Waals surface area contributed by atoms with Crippen LogP contribution in [0.3, 0.4) is 0 Å². The van der Waals surface area contributed by atoms with Gasteiger partial charge in [0.2, 0.25) is 10.0 Å². The summed E-state index contributed by atoms with van der Waals surface area (Å²) in [6.07, 6.45) is 0.898. The Morgan fingerprint density at radius 3 is 2.66 bits per heavy atom. The van der Waals surface area contributed by atoms with Crippen molar-refractivity contribution in [2.24, 2.45) is 0 Å². The van der Waals surface area contributed by atoms with Crippen LogP contribution in [0.4, 0.5) is 0 Å². The minimum atomic E-state index is -4.07. The monoisotopic (exact) mass is 554 g/mol. The van der Waals surface area contributed by atoms with Gasteiger partial charge in [-0.15, -0.1) is 11.3 Å². The topological polar surface area (TPSA) is 86.7 Å². The van der Waals surface area contributed by atoms with Crippen molar-refractivity contribution in [3.05, 3.63) is 85.5 Å². The Kier molecular flexibility index (Phi) is 7.04. The fraction of sp³-hybridized carbons (Fsp3) is 0.227. The lowest BCUT2D eigenvalue weighted by Crippen LogP contribution is -2.52. The lowest BCUT2D eigenvalue weighted by atomic mass is 9.86. The second-order valence-corrected chi connectivity index (χ2v) is 11.7. The number of hydrogen-bond donors (Lipinski definition) is 2. The molecule has 1 amide bonds. The van der Waals surface area contributed by atoms with Gasteiger partial charge >= 0.3 is 0 Å². The highest BCUT2D eigenvalue weighted by Gasteiger charge is 2.44. The summed E-state index contributed by atoms with van der Waals surface area (Å²) in [7, 11) is -4.07. The normalized spacial score (nSPS) is 19.2. The van der Waals surface area contributed by atoms with E-state index in [1.54, 1.807) is 28.9 Å². The molecule has 3 aromatic rings. The van der Waals surface area contributed by atoms with Crippen molar-refractivity contribution in [1.29, 1.82) is 0 Å². The van der Waals surface area contributed by atoms with Crippen molar-refractivity contribution >= 4 is 54.8 Å². The highest BCUT2D eigenvalue weighted by Crippen LogP contribution is 2.38. The maximum Gasteiger partial charge on any atom is 0.262 e. The molecule has 10 heteroatoms. The van der Waals surface area contributed by atoms with Gasteiger partial charge in [-0.2, -0.15) is 4.31 Å². The maximum atomic E-state index is 13.6. The molecule has 1 aromatic heterocycles. The predicted octanol–water partition coefficient (Wildman–Crippen LogP) is 4.61. The predicted molar refractivity (Wildman–Crippen MR) is 128 cm³/mol. The number of carbonyl (C=O) groups is 1. The van der Waals surface area contributed by atoms with Crippen LogP contribution < -0.4 is 5.48 Å². The summed E-state index contributed by atoms with van der Waals surface area (Å²) in [4.78, 5) is 14.0. The minimum absolute atomic E-state index is 0.00776. The van der Waals surface area contributed by atoms with E-state index >= 15 is 0 Å². The standard InChI is InChI=1S/C22H20BrClN2O4S2/c23-15-6-4-14(5-7-15)12-19-18-9-11-31-20(18)8-10-26(21(19)22(27)25-28)32(29,30)17-3-1-2-16(24)13-17/h1-7,9,11,13,19,21,28H,8,10,12H2,(H,25,27)/t19-,21-/m0/s1. The van der Waals surface area contributed by atoms with Gasteiger partial charge in [0.15, 0.2) is 0 Å². The number of fused-ring (bicyclic) bond motifs is 1. The number of carbonyl (C=O) groups excluding carboxylic acids is 1. The van der Waals surface area contributed by atoms with Crippen molar-refractivity contribution < 1.29 is 18.4 Å². The van der Waals surface area contributed by atoms with Gasteiger partial charge in [0.1, 0.15) is 6.04 Å². The van der Waals surface area contributed by atoms with Gasteiger partial charge in [0.05, 0.1) is 4.90 Å². The summed E-state index contributed by atoms with van der Waals surface area (Å²) >= 11 is 11.0. The largest absolute Gasteiger partial charge is 0.289 e. The van der Waals surface area contributed by atoms with Gasteiger partial charge in [-0.05, 0) is 65.7 Å². The van der Waals surface area contributed by atoms with E-state index in [4.69, 9.17) is 11.6 Å². The lowest BCUT2D eigenvalue weighted by Gasteiger charge is -2.33. The fourth-order valence-electron chi connectivity index (χ4n) is 4.11. The van der Waals surface area contributed by atoms with Crippen molar-refractivity contribution in [2.45, 2.75) is 29.7 Å². The first-order chi connectivity index (χ1) is 15.3. The third-order valence-electron chi connectivity index (χ3n) is 5.58. The van der Waals surface area contributed by atoms with Crippen LogP contribution in [0.15, 0.2) is 69.3 Å². The number of sulfonamides is 1. The molecular formula is C22H20BrClN2O4S2. The molecule has 2 heterocycles. The van der Waals surface area contributed by atoms with Crippen LogP contribution >= 0.6 is 38.9 Å². The molecule has 0 unspecified atom stereocenters. The molecule has 0 radical (unpaired) electrons. The molecule has 0 bridgehead atoms. The average molecular weight is 556 g/mol. The molecule has 2 N–H and O–H groups in total. The van der Waals surface area contributed by atoms with E-state index < -0.39 is 27.9 Å². The molecule has 168 valence electrons. The molecule has 6 nitrogen and oxygen atoms in total. The summed E-state index contributed by atoms with van der Waals surface area (Å²) in [6, 6.07) is 14.5. The Morgan fingerprint density at radius 1 is 1.22 bits per heavy atom. The molecule has 0 saturated carbocycles. The van der Waals surface area contributed by atoms with Gasteiger partial charge in [-0.1, -0.05) is 45.7 Å². The summed E-state index contributed by atoms with van der Waals surface area (Å²) in [5.41, 5.74) is 3.58. The number of hydrogen-bond acceptors (Lipinski definition) is 5. The second kappa shape index (κ2) is 9.62. The highest BCUT2D eigenvalue weighted by atomic mass is 79.9. The first kappa shape index (κ1) is 23.4.